The first-order chi connectivity index (χ1) is 13.5. The number of thiocarbonyl (C=S) groups is 1. The van der Waals surface area contributed by atoms with E-state index in [2.05, 4.69) is 15.7 Å². The van der Waals surface area contributed by atoms with E-state index in [1.54, 1.807) is 43.3 Å². The standard InChI is InChI=1S/C19H18Cl2N4O2S/c1-26-13-7-8-17(27-2)16(9-13)22-19(28)23-18-15(21)11-25(24-18)10-12-5-3-4-6-14(12)20/h3-9,11H,10H2,1-2H3,(H2,22,23,24,28). The van der Waals surface area contributed by atoms with Crippen molar-refractivity contribution in [3.05, 3.63) is 64.3 Å². The van der Waals surface area contributed by atoms with E-state index in [0.717, 1.165) is 5.56 Å². The average molecular weight is 437 g/mol. The van der Waals surface area contributed by atoms with Crippen LogP contribution in [0.2, 0.25) is 10.0 Å². The minimum atomic E-state index is 0.316. The number of halogens is 2. The van der Waals surface area contributed by atoms with Crippen molar-refractivity contribution in [3.8, 4) is 11.5 Å². The van der Waals surface area contributed by atoms with Crippen LogP contribution in [0.3, 0.4) is 0 Å². The number of nitrogens with one attached hydrogen (secondary N) is 2. The SMILES string of the molecule is COc1ccc(OC)c(NC(=S)Nc2nn(Cc3ccccc3Cl)cc2Cl)c1. The second-order valence-corrected chi connectivity index (χ2v) is 6.98. The van der Waals surface area contributed by atoms with Gasteiger partial charge in [0, 0.05) is 17.3 Å². The monoisotopic (exact) mass is 436 g/mol. The Morgan fingerprint density at radius 2 is 1.86 bits per heavy atom. The molecule has 0 bridgehead atoms. The molecule has 0 spiro atoms. The molecular weight excluding hydrogens is 419 g/mol. The number of ether oxygens (including phenoxy) is 2. The van der Waals surface area contributed by atoms with Gasteiger partial charge in [0.25, 0.3) is 0 Å². The Hall–Kier alpha value is -2.48. The smallest absolute Gasteiger partial charge is 0.176 e. The Balaban J connectivity index is 1.71. The molecule has 1 aromatic heterocycles. The lowest BCUT2D eigenvalue weighted by Gasteiger charge is -2.13. The number of aromatic nitrogens is 2. The highest BCUT2D eigenvalue weighted by molar-refractivity contribution is 7.80. The highest BCUT2D eigenvalue weighted by Gasteiger charge is 2.12. The molecule has 3 rings (SSSR count). The lowest BCUT2D eigenvalue weighted by molar-refractivity contribution is 0.405. The average Bonchev–Trinajstić information content (AvgIpc) is 3.02. The van der Waals surface area contributed by atoms with Crippen molar-refractivity contribution in [3.63, 3.8) is 0 Å². The largest absolute Gasteiger partial charge is 0.497 e. The third-order valence-corrected chi connectivity index (χ3v) is 4.74. The molecule has 0 unspecified atom stereocenters. The lowest BCUT2D eigenvalue weighted by atomic mass is 10.2. The number of hydrogen-bond donors (Lipinski definition) is 2. The summed E-state index contributed by atoms with van der Waals surface area (Å²) in [4.78, 5) is 0. The van der Waals surface area contributed by atoms with Gasteiger partial charge in [-0.3, -0.25) is 4.68 Å². The van der Waals surface area contributed by atoms with Crippen LogP contribution in [-0.2, 0) is 6.54 Å². The Kier molecular flexibility index (Phi) is 6.61. The molecule has 6 nitrogen and oxygen atoms in total. The second-order valence-electron chi connectivity index (χ2n) is 5.76. The van der Waals surface area contributed by atoms with Gasteiger partial charge in [-0.05, 0) is 36.0 Å². The van der Waals surface area contributed by atoms with Crippen molar-refractivity contribution >= 4 is 52.0 Å². The van der Waals surface area contributed by atoms with Crippen molar-refractivity contribution in [2.24, 2.45) is 0 Å². The molecule has 0 fully saturated rings. The summed E-state index contributed by atoms with van der Waals surface area (Å²) in [7, 11) is 3.17. The van der Waals surface area contributed by atoms with E-state index in [1.165, 1.54) is 0 Å². The first-order valence-electron chi connectivity index (χ1n) is 8.26. The van der Waals surface area contributed by atoms with Gasteiger partial charge in [0.2, 0.25) is 0 Å². The number of anilines is 2. The van der Waals surface area contributed by atoms with Crippen LogP contribution in [0.1, 0.15) is 5.56 Å². The molecule has 0 saturated carbocycles. The highest BCUT2D eigenvalue weighted by atomic mass is 35.5. The Bertz CT molecular complexity index is 994. The van der Waals surface area contributed by atoms with Gasteiger partial charge < -0.3 is 20.1 Å². The Morgan fingerprint density at radius 3 is 2.57 bits per heavy atom. The van der Waals surface area contributed by atoms with Crippen LogP contribution in [0.4, 0.5) is 11.5 Å². The van der Waals surface area contributed by atoms with Crippen LogP contribution in [-0.4, -0.2) is 29.1 Å². The predicted molar refractivity (Wildman–Crippen MR) is 117 cm³/mol. The maximum atomic E-state index is 6.29. The number of hydrogen-bond acceptors (Lipinski definition) is 4. The molecule has 0 saturated heterocycles. The number of benzene rings is 2. The van der Waals surface area contributed by atoms with Gasteiger partial charge >= 0.3 is 0 Å². The molecule has 9 heteroatoms. The zero-order chi connectivity index (χ0) is 20.1. The van der Waals surface area contributed by atoms with Gasteiger partial charge in [0.05, 0.1) is 26.5 Å². The van der Waals surface area contributed by atoms with Gasteiger partial charge in [-0.25, -0.2) is 0 Å². The van der Waals surface area contributed by atoms with Gasteiger partial charge in [0.15, 0.2) is 10.9 Å². The van der Waals surface area contributed by atoms with Crippen molar-refractivity contribution in [1.82, 2.24) is 9.78 Å². The third kappa shape index (κ3) is 4.86. The molecule has 0 aliphatic heterocycles. The first-order valence-corrected chi connectivity index (χ1v) is 9.43. The lowest BCUT2D eigenvalue weighted by Crippen LogP contribution is -2.20. The molecule has 2 N–H and O–H groups in total. The van der Waals surface area contributed by atoms with Crippen LogP contribution in [0.5, 0.6) is 11.5 Å². The molecule has 0 aliphatic rings. The zero-order valence-electron chi connectivity index (χ0n) is 15.2. The molecular formula is C19H18Cl2N4O2S. The molecule has 0 aliphatic carbocycles. The summed E-state index contributed by atoms with van der Waals surface area (Å²) in [6, 6.07) is 12.9. The summed E-state index contributed by atoms with van der Waals surface area (Å²) in [5.74, 6) is 1.74. The molecule has 0 atom stereocenters. The normalized spacial score (nSPS) is 10.4. The molecule has 2 aromatic carbocycles. The predicted octanol–water partition coefficient (Wildman–Crippen LogP) is 5.06. The van der Waals surface area contributed by atoms with Gasteiger partial charge in [-0.1, -0.05) is 41.4 Å². The van der Waals surface area contributed by atoms with Crippen molar-refractivity contribution in [2.75, 3.05) is 24.9 Å². The van der Waals surface area contributed by atoms with Crippen molar-refractivity contribution < 1.29 is 9.47 Å². The summed E-state index contributed by atoms with van der Waals surface area (Å²) in [6.45, 7) is 0.491. The molecule has 146 valence electrons. The maximum Gasteiger partial charge on any atom is 0.176 e. The number of nitrogens with zero attached hydrogens (tertiary/aromatic N) is 2. The molecule has 1 heterocycles. The third-order valence-electron chi connectivity index (χ3n) is 3.89. The number of rotatable bonds is 6. The van der Waals surface area contributed by atoms with E-state index >= 15 is 0 Å². The van der Waals surface area contributed by atoms with Gasteiger partial charge in [-0.15, -0.1) is 0 Å². The summed E-state index contributed by atoms with van der Waals surface area (Å²) in [5.41, 5.74) is 1.60. The van der Waals surface area contributed by atoms with Crippen LogP contribution < -0.4 is 20.1 Å². The van der Waals surface area contributed by atoms with Crippen LogP contribution in [0.15, 0.2) is 48.7 Å². The highest BCUT2D eigenvalue weighted by Crippen LogP contribution is 2.29. The van der Waals surface area contributed by atoms with E-state index < -0.39 is 0 Å². The van der Waals surface area contributed by atoms with Crippen molar-refractivity contribution in [2.45, 2.75) is 6.54 Å². The first kappa shape index (κ1) is 20.3. The molecule has 0 radical (unpaired) electrons. The Morgan fingerprint density at radius 1 is 1.07 bits per heavy atom. The topological polar surface area (TPSA) is 60.3 Å². The summed E-state index contributed by atoms with van der Waals surface area (Å²) in [5, 5.41) is 11.9. The van der Waals surface area contributed by atoms with Crippen LogP contribution in [0.25, 0.3) is 0 Å². The molecule has 3 aromatic rings. The summed E-state index contributed by atoms with van der Waals surface area (Å²) in [6.07, 6.45) is 1.71. The van der Waals surface area contributed by atoms with Crippen LogP contribution in [0, 0.1) is 0 Å². The van der Waals surface area contributed by atoms with E-state index in [0.29, 0.717) is 44.7 Å². The van der Waals surface area contributed by atoms with Gasteiger partial charge in [0.1, 0.15) is 16.5 Å². The molecule has 28 heavy (non-hydrogen) atoms. The fourth-order valence-electron chi connectivity index (χ4n) is 2.54. The summed E-state index contributed by atoms with van der Waals surface area (Å²) < 4.78 is 12.3. The van der Waals surface area contributed by atoms with Gasteiger partial charge in [-0.2, -0.15) is 5.10 Å². The van der Waals surface area contributed by atoms with Crippen LogP contribution >= 0.6 is 35.4 Å². The Labute approximate surface area is 178 Å². The second kappa shape index (κ2) is 9.14. The maximum absolute atomic E-state index is 6.29. The van der Waals surface area contributed by atoms with E-state index in [9.17, 15) is 0 Å². The minimum Gasteiger partial charge on any atom is -0.497 e. The minimum absolute atomic E-state index is 0.316. The van der Waals surface area contributed by atoms with E-state index in [1.807, 2.05) is 24.3 Å². The van der Waals surface area contributed by atoms with E-state index in [-0.39, 0.29) is 0 Å². The van der Waals surface area contributed by atoms with E-state index in [4.69, 9.17) is 44.9 Å². The quantitative estimate of drug-likeness (QED) is 0.526. The van der Waals surface area contributed by atoms with Crippen molar-refractivity contribution in [1.29, 1.82) is 0 Å². The number of methoxy groups -OCH3 is 2. The summed E-state index contributed by atoms with van der Waals surface area (Å²) >= 11 is 17.9. The fraction of sp³-hybridized carbons (Fsp3) is 0.158. The zero-order valence-corrected chi connectivity index (χ0v) is 17.5. The molecule has 0 amide bonds. The fourth-order valence-corrected chi connectivity index (χ4v) is 3.14.